The quantitative estimate of drug-likeness (QED) is 0.525. The van der Waals surface area contributed by atoms with Gasteiger partial charge in [-0.1, -0.05) is 12.1 Å². The number of carbonyl (C=O) groups excluding carboxylic acids is 3. The van der Waals surface area contributed by atoms with Gasteiger partial charge in [0.15, 0.2) is 0 Å². The normalized spacial score (nSPS) is 14.1. The maximum absolute atomic E-state index is 11.5. The number of hydrogen-bond acceptors (Lipinski definition) is 3. The van der Waals surface area contributed by atoms with Crippen molar-refractivity contribution in [2.45, 2.75) is 0 Å². The first-order valence-electron chi connectivity index (χ1n) is 3.93. The minimum Gasteiger partial charge on any atom is -0.277 e. The van der Waals surface area contributed by atoms with Gasteiger partial charge in [0, 0.05) is 0 Å². The molecule has 1 aromatic carbocycles. The van der Waals surface area contributed by atoms with Crippen LogP contribution >= 0.6 is 0 Å². The average molecular weight is 190 g/mol. The standard InChI is InChI=1S/C9H6N2O3/c12-5-10-11-8(13)6-3-1-2-4-7(6)9(11)14/h1-5H,(H,10,12). The summed E-state index contributed by atoms with van der Waals surface area (Å²) in [5.74, 6) is -1.00. The van der Waals surface area contributed by atoms with Crippen LogP contribution in [0.1, 0.15) is 20.7 Å². The highest BCUT2D eigenvalue weighted by Gasteiger charge is 2.35. The molecular weight excluding hydrogens is 184 g/mol. The van der Waals surface area contributed by atoms with Crippen LogP contribution in [0.25, 0.3) is 0 Å². The molecule has 0 aromatic heterocycles. The third-order valence-electron chi connectivity index (χ3n) is 1.98. The molecule has 0 unspecified atom stereocenters. The molecule has 1 N–H and O–H groups in total. The molecule has 0 spiro atoms. The summed E-state index contributed by atoms with van der Waals surface area (Å²) in [4.78, 5) is 33.1. The number of fused-ring (bicyclic) bond motifs is 1. The summed E-state index contributed by atoms with van der Waals surface area (Å²) in [5.41, 5.74) is 2.67. The summed E-state index contributed by atoms with van der Waals surface area (Å²) in [7, 11) is 0. The van der Waals surface area contributed by atoms with Gasteiger partial charge in [0.05, 0.1) is 11.1 Å². The molecule has 5 nitrogen and oxygen atoms in total. The highest BCUT2D eigenvalue weighted by molar-refractivity contribution is 6.21. The Morgan fingerprint density at radius 3 is 2.00 bits per heavy atom. The molecule has 0 saturated heterocycles. The third kappa shape index (κ3) is 0.990. The van der Waals surface area contributed by atoms with Crippen molar-refractivity contribution < 1.29 is 14.4 Å². The molecule has 2 rings (SSSR count). The van der Waals surface area contributed by atoms with Crippen molar-refractivity contribution in [3.8, 4) is 0 Å². The maximum atomic E-state index is 11.5. The predicted molar refractivity (Wildman–Crippen MR) is 46.1 cm³/mol. The van der Waals surface area contributed by atoms with Gasteiger partial charge in [-0.05, 0) is 12.1 Å². The van der Waals surface area contributed by atoms with Gasteiger partial charge < -0.3 is 0 Å². The molecule has 14 heavy (non-hydrogen) atoms. The van der Waals surface area contributed by atoms with Crippen LogP contribution in [0.4, 0.5) is 0 Å². The van der Waals surface area contributed by atoms with Crippen molar-refractivity contribution in [2.75, 3.05) is 0 Å². The van der Waals surface area contributed by atoms with Crippen LogP contribution in [-0.2, 0) is 4.79 Å². The number of imide groups is 1. The summed E-state index contributed by atoms with van der Waals surface area (Å²) in [5, 5.41) is 0.692. The summed E-state index contributed by atoms with van der Waals surface area (Å²) in [6.07, 6.45) is 0.293. The number of benzene rings is 1. The minimum absolute atomic E-state index is 0.293. The van der Waals surface area contributed by atoms with E-state index in [1.807, 2.05) is 5.43 Å². The van der Waals surface area contributed by atoms with Crippen molar-refractivity contribution in [3.05, 3.63) is 35.4 Å². The van der Waals surface area contributed by atoms with E-state index in [0.717, 1.165) is 0 Å². The fraction of sp³-hybridized carbons (Fsp3) is 0. The third-order valence-corrected chi connectivity index (χ3v) is 1.98. The summed E-state index contributed by atoms with van der Waals surface area (Å²) in [6, 6.07) is 6.41. The van der Waals surface area contributed by atoms with Gasteiger partial charge in [-0.2, -0.15) is 5.01 Å². The lowest BCUT2D eigenvalue weighted by Crippen LogP contribution is -2.41. The van der Waals surface area contributed by atoms with E-state index in [0.29, 0.717) is 22.5 Å². The molecule has 0 radical (unpaired) electrons. The summed E-state index contributed by atoms with van der Waals surface area (Å²) >= 11 is 0. The second-order valence-electron chi connectivity index (χ2n) is 2.74. The highest BCUT2D eigenvalue weighted by atomic mass is 16.2. The number of nitrogens with zero attached hydrogens (tertiary/aromatic N) is 1. The first kappa shape index (κ1) is 8.43. The summed E-state index contributed by atoms with van der Waals surface area (Å²) in [6.45, 7) is 0. The zero-order chi connectivity index (χ0) is 10.1. The second-order valence-corrected chi connectivity index (χ2v) is 2.74. The molecule has 0 aliphatic carbocycles. The van der Waals surface area contributed by atoms with Gasteiger partial charge in [0.1, 0.15) is 0 Å². The second kappa shape index (κ2) is 2.95. The van der Waals surface area contributed by atoms with Crippen molar-refractivity contribution in [2.24, 2.45) is 0 Å². The number of hydrazine groups is 1. The van der Waals surface area contributed by atoms with Gasteiger partial charge in [-0.3, -0.25) is 19.8 Å². The van der Waals surface area contributed by atoms with Gasteiger partial charge in [-0.15, -0.1) is 0 Å². The Balaban J connectivity index is 2.48. The molecule has 1 aliphatic heterocycles. The van der Waals surface area contributed by atoms with E-state index in [4.69, 9.17) is 0 Å². The lowest BCUT2D eigenvalue weighted by molar-refractivity contribution is -0.112. The number of carbonyl (C=O) groups is 3. The molecule has 70 valence electrons. The predicted octanol–water partition coefficient (Wildman–Crippen LogP) is -0.0564. The van der Waals surface area contributed by atoms with Gasteiger partial charge in [-0.25, -0.2) is 0 Å². The Morgan fingerprint density at radius 2 is 1.57 bits per heavy atom. The Hall–Kier alpha value is -2.17. The highest BCUT2D eigenvalue weighted by Crippen LogP contribution is 2.20. The van der Waals surface area contributed by atoms with E-state index < -0.39 is 11.8 Å². The van der Waals surface area contributed by atoms with Crippen LogP contribution in [0.2, 0.25) is 0 Å². The number of amides is 3. The largest absolute Gasteiger partial charge is 0.280 e. The van der Waals surface area contributed by atoms with E-state index in [1.54, 1.807) is 24.3 Å². The van der Waals surface area contributed by atoms with Crippen LogP contribution < -0.4 is 5.43 Å². The van der Waals surface area contributed by atoms with E-state index in [-0.39, 0.29) is 0 Å². The van der Waals surface area contributed by atoms with Gasteiger partial charge in [0.25, 0.3) is 11.8 Å². The van der Waals surface area contributed by atoms with E-state index >= 15 is 0 Å². The monoisotopic (exact) mass is 190 g/mol. The molecule has 1 aliphatic rings. The minimum atomic E-state index is -0.502. The van der Waals surface area contributed by atoms with Crippen molar-refractivity contribution >= 4 is 18.2 Å². The van der Waals surface area contributed by atoms with Crippen LogP contribution in [0.3, 0.4) is 0 Å². The SMILES string of the molecule is O=CNN1C(=O)c2ccccc2C1=O. The molecule has 1 heterocycles. The topological polar surface area (TPSA) is 66.5 Å². The molecule has 0 fully saturated rings. The molecule has 0 saturated carbocycles. The number of nitrogens with one attached hydrogen (secondary N) is 1. The Bertz CT molecular complexity index is 393. The number of hydrogen-bond donors (Lipinski definition) is 1. The lowest BCUT2D eigenvalue weighted by Gasteiger charge is -2.09. The van der Waals surface area contributed by atoms with E-state index in [1.165, 1.54) is 0 Å². The zero-order valence-corrected chi connectivity index (χ0v) is 7.06. The van der Waals surface area contributed by atoms with Gasteiger partial charge >= 0.3 is 0 Å². The first-order valence-corrected chi connectivity index (χ1v) is 3.93. The smallest absolute Gasteiger partial charge is 0.277 e. The molecule has 0 bridgehead atoms. The van der Waals surface area contributed by atoms with Crippen LogP contribution in [0, 0.1) is 0 Å². The van der Waals surface area contributed by atoms with Crippen molar-refractivity contribution in [1.29, 1.82) is 0 Å². The summed E-state index contributed by atoms with van der Waals surface area (Å²) < 4.78 is 0. The van der Waals surface area contributed by atoms with Gasteiger partial charge in [0.2, 0.25) is 6.41 Å². The van der Waals surface area contributed by atoms with Crippen LogP contribution in [0.15, 0.2) is 24.3 Å². The Kier molecular flexibility index (Phi) is 1.78. The van der Waals surface area contributed by atoms with Crippen molar-refractivity contribution in [3.63, 3.8) is 0 Å². The average Bonchev–Trinajstić information content (AvgIpc) is 2.45. The lowest BCUT2D eigenvalue weighted by atomic mass is 10.1. The zero-order valence-electron chi connectivity index (χ0n) is 7.06. The van der Waals surface area contributed by atoms with E-state index in [2.05, 4.69) is 0 Å². The fourth-order valence-electron chi connectivity index (χ4n) is 1.36. The molecule has 3 amide bonds. The molecule has 1 aromatic rings. The van der Waals surface area contributed by atoms with E-state index in [9.17, 15) is 14.4 Å². The van der Waals surface area contributed by atoms with Crippen LogP contribution in [-0.4, -0.2) is 23.2 Å². The fourth-order valence-corrected chi connectivity index (χ4v) is 1.36. The number of rotatable bonds is 2. The molecular formula is C9H6N2O3. The maximum Gasteiger partial charge on any atom is 0.280 e. The Morgan fingerprint density at radius 1 is 1.07 bits per heavy atom. The Labute approximate surface area is 79.3 Å². The molecule has 5 heteroatoms. The first-order chi connectivity index (χ1) is 6.75. The van der Waals surface area contributed by atoms with Crippen LogP contribution in [0.5, 0.6) is 0 Å². The molecule has 0 atom stereocenters. The van der Waals surface area contributed by atoms with Crippen molar-refractivity contribution in [1.82, 2.24) is 10.4 Å².